The summed E-state index contributed by atoms with van der Waals surface area (Å²) in [5.74, 6) is -2.69. The summed E-state index contributed by atoms with van der Waals surface area (Å²) in [6.07, 6.45) is 3.93. The number of aliphatic carboxylic acids is 1. The average molecular weight is 571 g/mol. The summed E-state index contributed by atoms with van der Waals surface area (Å²) in [4.78, 5) is 60.2. The van der Waals surface area contributed by atoms with Crippen molar-refractivity contribution in [3.8, 4) is 0 Å². The van der Waals surface area contributed by atoms with E-state index in [2.05, 4.69) is 20.6 Å². The van der Waals surface area contributed by atoms with Gasteiger partial charge in [0.25, 0.3) is 0 Å². The van der Waals surface area contributed by atoms with Crippen molar-refractivity contribution in [3.63, 3.8) is 0 Å². The first-order valence-corrected chi connectivity index (χ1v) is 14.0. The maximum Gasteiger partial charge on any atom is 0.326 e. The lowest BCUT2D eigenvalue weighted by Crippen LogP contribution is -2.56. The second-order valence-electron chi connectivity index (χ2n) is 10.9. The van der Waals surface area contributed by atoms with Gasteiger partial charge in [-0.05, 0) is 56.1 Å². The molecule has 1 aromatic carbocycles. The molecule has 0 aliphatic carbocycles. The van der Waals surface area contributed by atoms with E-state index < -0.39 is 42.0 Å². The van der Waals surface area contributed by atoms with E-state index >= 15 is 0 Å². The van der Waals surface area contributed by atoms with E-state index in [0.29, 0.717) is 32.2 Å². The summed E-state index contributed by atoms with van der Waals surface area (Å²) < 4.78 is 0. The van der Waals surface area contributed by atoms with Crippen LogP contribution in [0.15, 0.2) is 35.5 Å². The standard InChI is InChI=1S/C28H42N8O5/c1-16(2)13-22(27(40)41)35-24(37)21(9-5-11-32-28(30)31)34-25(38)23-10-6-12-36(23)26(39)19(29)14-17-15-33-20-8-4-3-7-18(17)20/h3-4,7-8,15-16,19,21-23,33H,5-6,9-14,29H2,1-2H3,(H,34,38)(H,35,37)(H,40,41)(H4,30,31,32). The highest BCUT2D eigenvalue weighted by Gasteiger charge is 2.38. The van der Waals surface area contributed by atoms with Crippen LogP contribution in [0.4, 0.5) is 0 Å². The quantitative estimate of drug-likeness (QED) is 0.0940. The van der Waals surface area contributed by atoms with Gasteiger partial charge in [0.05, 0.1) is 6.04 Å². The van der Waals surface area contributed by atoms with Crippen LogP contribution in [0, 0.1) is 5.92 Å². The molecular weight excluding hydrogens is 528 g/mol. The van der Waals surface area contributed by atoms with Gasteiger partial charge in [0.1, 0.15) is 18.1 Å². The number of carboxylic acids is 1. The van der Waals surface area contributed by atoms with Crippen LogP contribution in [0.25, 0.3) is 10.9 Å². The van der Waals surface area contributed by atoms with Crippen molar-refractivity contribution in [1.29, 1.82) is 0 Å². The van der Waals surface area contributed by atoms with Crippen molar-refractivity contribution in [2.45, 2.75) is 76.5 Å². The molecule has 3 rings (SSSR count). The second kappa shape index (κ2) is 14.5. The van der Waals surface area contributed by atoms with Gasteiger partial charge in [0, 0.05) is 30.2 Å². The van der Waals surface area contributed by atoms with Crippen molar-refractivity contribution in [3.05, 3.63) is 36.0 Å². The summed E-state index contributed by atoms with van der Waals surface area (Å²) in [5.41, 5.74) is 18.9. The van der Waals surface area contributed by atoms with Crippen molar-refractivity contribution < 1.29 is 24.3 Å². The molecule has 1 aromatic heterocycles. The lowest BCUT2D eigenvalue weighted by atomic mass is 10.0. The number of nitrogens with zero attached hydrogens (tertiary/aromatic N) is 2. The monoisotopic (exact) mass is 570 g/mol. The third-order valence-electron chi connectivity index (χ3n) is 7.17. The maximum absolute atomic E-state index is 13.4. The van der Waals surface area contributed by atoms with E-state index in [4.69, 9.17) is 17.2 Å². The van der Waals surface area contributed by atoms with Gasteiger partial charge in [-0.2, -0.15) is 0 Å². The number of rotatable bonds is 14. The molecule has 10 N–H and O–H groups in total. The van der Waals surface area contributed by atoms with Crippen molar-refractivity contribution in [1.82, 2.24) is 20.5 Å². The third-order valence-corrected chi connectivity index (χ3v) is 7.17. The minimum Gasteiger partial charge on any atom is -0.480 e. The summed E-state index contributed by atoms with van der Waals surface area (Å²) in [6.45, 7) is 4.30. The molecule has 1 aliphatic heterocycles. The molecule has 0 radical (unpaired) electrons. The molecule has 1 aliphatic rings. The van der Waals surface area contributed by atoms with Crippen LogP contribution in [-0.4, -0.2) is 81.9 Å². The fourth-order valence-corrected chi connectivity index (χ4v) is 5.15. The molecule has 0 spiro atoms. The number of carbonyl (C=O) groups excluding carboxylic acids is 3. The average Bonchev–Trinajstić information content (AvgIpc) is 3.57. The topological polar surface area (TPSA) is 222 Å². The fourth-order valence-electron chi connectivity index (χ4n) is 5.15. The largest absolute Gasteiger partial charge is 0.480 e. The SMILES string of the molecule is CC(C)CC(NC(=O)C(CCCN=C(N)N)NC(=O)C1CCCN1C(=O)C(N)Cc1c[nH]c2ccccc12)C(=O)O. The number of likely N-dealkylation sites (tertiary alicyclic amines) is 1. The van der Waals surface area contributed by atoms with Gasteiger partial charge in [-0.15, -0.1) is 0 Å². The van der Waals surface area contributed by atoms with Crippen molar-refractivity contribution in [2.75, 3.05) is 13.1 Å². The zero-order valence-corrected chi connectivity index (χ0v) is 23.6. The Morgan fingerprint density at radius 2 is 1.88 bits per heavy atom. The number of nitrogens with two attached hydrogens (primary N) is 3. The lowest BCUT2D eigenvalue weighted by molar-refractivity contribution is -0.143. The number of benzene rings is 1. The van der Waals surface area contributed by atoms with E-state index in [1.54, 1.807) is 0 Å². The van der Waals surface area contributed by atoms with Crippen LogP contribution in [0.5, 0.6) is 0 Å². The molecule has 13 heteroatoms. The number of aromatic amines is 1. The predicted octanol–water partition coefficient (Wildman–Crippen LogP) is 0.183. The molecule has 2 heterocycles. The van der Waals surface area contributed by atoms with Crippen LogP contribution in [0.1, 0.15) is 51.5 Å². The smallest absolute Gasteiger partial charge is 0.326 e. The highest BCUT2D eigenvalue weighted by molar-refractivity contribution is 5.94. The van der Waals surface area contributed by atoms with Crippen molar-refractivity contribution in [2.24, 2.45) is 28.1 Å². The summed E-state index contributed by atoms with van der Waals surface area (Å²) >= 11 is 0. The van der Waals surface area contributed by atoms with E-state index in [-0.39, 0.29) is 37.2 Å². The second-order valence-corrected chi connectivity index (χ2v) is 10.9. The number of aromatic nitrogens is 1. The summed E-state index contributed by atoms with van der Waals surface area (Å²) in [7, 11) is 0. The van der Waals surface area contributed by atoms with Gasteiger partial charge >= 0.3 is 5.97 Å². The fraction of sp³-hybridized carbons (Fsp3) is 0.536. The van der Waals surface area contributed by atoms with Gasteiger partial charge in [0.15, 0.2) is 5.96 Å². The minimum absolute atomic E-state index is 0.0258. The first-order valence-electron chi connectivity index (χ1n) is 14.0. The first-order chi connectivity index (χ1) is 19.5. The number of carboxylic acid groups (broad SMARTS) is 1. The first kappa shape index (κ1) is 31.4. The molecule has 0 saturated carbocycles. The molecule has 0 bridgehead atoms. The minimum atomic E-state index is -1.16. The molecule has 1 saturated heterocycles. The maximum atomic E-state index is 13.4. The zero-order valence-electron chi connectivity index (χ0n) is 23.6. The molecule has 4 unspecified atom stereocenters. The number of guanidine groups is 1. The number of hydrogen-bond acceptors (Lipinski definition) is 6. The Balaban J connectivity index is 1.69. The molecule has 3 amide bonds. The molecular formula is C28H42N8O5. The van der Waals surface area contributed by atoms with Crippen LogP contribution in [0.3, 0.4) is 0 Å². The number of H-pyrrole nitrogens is 1. The summed E-state index contributed by atoms with van der Waals surface area (Å²) in [6, 6.07) is 3.94. The van der Waals surface area contributed by atoms with Gasteiger partial charge in [-0.3, -0.25) is 19.4 Å². The summed E-state index contributed by atoms with van der Waals surface area (Å²) in [5, 5.41) is 15.8. The number of aliphatic imine (C=N–C) groups is 1. The Bertz CT molecular complexity index is 1260. The number of fused-ring (bicyclic) bond motifs is 1. The number of para-hydroxylation sites is 1. The third kappa shape index (κ3) is 8.68. The van der Waals surface area contributed by atoms with E-state index in [1.165, 1.54) is 4.90 Å². The molecule has 4 atom stereocenters. The molecule has 1 fully saturated rings. The highest BCUT2D eigenvalue weighted by Crippen LogP contribution is 2.22. The number of hydrogen-bond donors (Lipinski definition) is 7. The van der Waals surface area contributed by atoms with E-state index in [0.717, 1.165) is 16.5 Å². The number of amides is 3. The highest BCUT2D eigenvalue weighted by atomic mass is 16.4. The van der Waals surface area contributed by atoms with Crippen molar-refractivity contribution >= 4 is 40.6 Å². The molecule has 41 heavy (non-hydrogen) atoms. The van der Waals surface area contributed by atoms with Crippen LogP contribution in [0.2, 0.25) is 0 Å². The van der Waals surface area contributed by atoms with Crippen LogP contribution >= 0.6 is 0 Å². The Kier molecular flexibility index (Phi) is 11.1. The predicted molar refractivity (Wildman–Crippen MR) is 156 cm³/mol. The van der Waals surface area contributed by atoms with E-state index in [9.17, 15) is 24.3 Å². The Morgan fingerprint density at radius 3 is 2.56 bits per heavy atom. The Hall–Kier alpha value is -4.13. The van der Waals surface area contributed by atoms with Crippen LogP contribution < -0.4 is 27.8 Å². The lowest BCUT2D eigenvalue weighted by Gasteiger charge is -2.29. The zero-order chi connectivity index (χ0) is 30.1. The van der Waals surface area contributed by atoms with Gasteiger partial charge < -0.3 is 42.8 Å². The van der Waals surface area contributed by atoms with Gasteiger partial charge in [-0.25, -0.2) is 4.79 Å². The number of nitrogens with one attached hydrogen (secondary N) is 3. The van der Waals surface area contributed by atoms with E-state index in [1.807, 2.05) is 44.3 Å². The van der Waals surface area contributed by atoms with Gasteiger partial charge in [-0.1, -0.05) is 32.0 Å². The molecule has 224 valence electrons. The van der Waals surface area contributed by atoms with Crippen LogP contribution in [-0.2, 0) is 25.6 Å². The number of carbonyl (C=O) groups is 4. The van der Waals surface area contributed by atoms with Gasteiger partial charge in [0.2, 0.25) is 17.7 Å². The molecule has 13 nitrogen and oxygen atoms in total. The Labute approximate surface area is 239 Å². The Morgan fingerprint density at radius 1 is 1.15 bits per heavy atom. The molecule has 2 aromatic rings. The normalized spacial score (nSPS) is 17.2.